The number of carbonyl (C=O) groups is 3. The third-order valence-electron chi connectivity index (χ3n) is 1.22. The molecule has 0 fully saturated rings. The van der Waals surface area contributed by atoms with Gasteiger partial charge in [-0.05, 0) is 0 Å². The van der Waals surface area contributed by atoms with Crippen molar-refractivity contribution >= 4 is 17.9 Å². The third-order valence-corrected chi connectivity index (χ3v) is 1.22. The van der Waals surface area contributed by atoms with Crippen molar-refractivity contribution < 1.29 is 29.0 Å². The highest BCUT2D eigenvalue weighted by Crippen LogP contribution is 1.81. The summed E-state index contributed by atoms with van der Waals surface area (Å²) in [4.78, 5) is 30.5. The van der Waals surface area contributed by atoms with Gasteiger partial charge in [-0.2, -0.15) is 0 Å². The Morgan fingerprint density at radius 2 is 1.37 bits per heavy atom. The van der Waals surface area contributed by atoms with Crippen LogP contribution >= 0.6 is 0 Å². The molecule has 0 saturated carbocycles. The first-order chi connectivity index (χ1) is 8.97. The fraction of sp³-hybridized carbons (Fsp3) is 0.154. The van der Waals surface area contributed by atoms with Crippen LogP contribution in [0.4, 0.5) is 0 Å². The maximum atomic E-state index is 10.5. The molecule has 0 aliphatic rings. The highest BCUT2D eigenvalue weighted by molar-refractivity contribution is 5.90. The lowest BCUT2D eigenvalue weighted by Crippen LogP contribution is -2.01. The number of rotatable bonds is 7. The van der Waals surface area contributed by atoms with Gasteiger partial charge in [-0.25, -0.2) is 14.4 Å². The molecular weight excluding hydrogens is 252 g/mol. The van der Waals surface area contributed by atoms with Crippen LogP contribution in [-0.4, -0.2) is 36.2 Å². The van der Waals surface area contributed by atoms with Gasteiger partial charge in [-0.3, -0.25) is 0 Å². The number of hydrogen-bond acceptors (Lipinski definition) is 5. The normalized spacial score (nSPS) is 8.63. The van der Waals surface area contributed by atoms with Gasteiger partial charge in [0.05, 0.1) is 0 Å². The maximum Gasteiger partial charge on any atom is 0.331 e. The predicted molar refractivity (Wildman–Crippen MR) is 69.3 cm³/mol. The molecule has 6 nitrogen and oxygen atoms in total. The number of esters is 2. The summed E-state index contributed by atoms with van der Waals surface area (Å²) in [7, 11) is 0. The Kier molecular flexibility index (Phi) is 13.2. The summed E-state index contributed by atoms with van der Waals surface area (Å²) in [5, 5.41) is 8.07. The van der Waals surface area contributed by atoms with E-state index in [0.717, 1.165) is 12.2 Å². The molecule has 6 heteroatoms. The minimum Gasteiger partial charge on any atom is -0.478 e. The van der Waals surface area contributed by atoms with Crippen LogP contribution in [-0.2, 0) is 23.9 Å². The van der Waals surface area contributed by atoms with E-state index in [9.17, 15) is 14.4 Å². The van der Waals surface area contributed by atoms with Crippen molar-refractivity contribution in [3.8, 4) is 0 Å². The number of aliphatic carboxylic acids is 1. The number of carboxylic acid groups (broad SMARTS) is 1. The van der Waals surface area contributed by atoms with Gasteiger partial charge in [-0.15, -0.1) is 0 Å². The van der Waals surface area contributed by atoms with Gasteiger partial charge in [0, 0.05) is 18.2 Å². The molecule has 19 heavy (non-hydrogen) atoms. The molecule has 0 amide bonds. The fourth-order valence-electron chi connectivity index (χ4n) is 0.528. The molecule has 0 saturated heterocycles. The molecule has 0 aliphatic carbocycles. The molecule has 0 aromatic heterocycles. The zero-order valence-electron chi connectivity index (χ0n) is 10.4. The van der Waals surface area contributed by atoms with Crippen molar-refractivity contribution in [3.05, 3.63) is 50.1 Å². The summed E-state index contributed by atoms with van der Waals surface area (Å²) in [6.45, 7) is 10.2. The average Bonchev–Trinajstić information content (AvgIpc) is 2.40. The van der Waals surface area contributed by atoms with E-state index in [-0.39, 0.29) is 13.2 Å². The Morgan fingerprint density at radius 3 is 1.74 bits per heavy atom. The molecule has 0 spiro atoms. The molecule has 0 aromatic carbocycles. The van der Waals surface area contributed by atoms with E-state index in [4.69, 9.17) is 5.11 Å². The molecule has 0 rings (SSSR count). The number of hydrogen-bond donors (Lipinski definition) is 1. The van der Waals surface area contributed by atoms with Gasteiger partial charge in [0.25, 0.3) is 0 Å². The van der Waals surface area contributed by atoms with Crippen LogP contribution in [0.5, 0.6) is 0 Å². The highest BCUT2D eigenvalue weighted by Gasteiger charge is 1.94. The SMILES string of the molecule is C=CCOC(=O)/C=C\C(=O)O.C=CCOC(=O)C=C. The molecule has 104 valence electrons. The van der Waals surface area contributed by atoms with Crippen molar-refractivity contribution in [3.63, 3.8) is 0 Å². The van der Waals surface area contributed by atoms with Crippen LogP contribution in [0.1, 0.15) is 0 Å². The van der Waals surface area contributed by atoms with Crippen LogP contribution < -0.4 is 0 Å². The summed E-state index contributed by atoms with van der Waals surface area (Å²) in [5.41, 5.74) is 0. The molecule has 0 radical (unpaired) electrons. The Morgan fingerprint density at radius 1 is 0.895 bits per heavy atom. The summed E-state index contributed by atoms with van der Waals surface area (Å²) in [6.07, 6.45) is 5.56. The van der Waals surface area contributed by atoms with Crippen molar-refractivity contribution in [2.24, 2.45) is 0 Å². The van der Waals surface area contributed by atoms with Gasteiger partial charge in [-0.1, -0.05) is 31.9 Å². The minimum absolute atomic E-state index is 0.0861. The number of carboxylic acids is 1. The van der Waals surface area contributed by atoms with Gasteiger partial charge in [0.1, 0.15) is 13.2 Å². The molecule has 0 heterocycles. The number of ether oxygens (including phenoxy) is 2. The summed E-state index contributed by atoms with van der Waals surface area (Å²) < 4.78 is 8.90. The number of carbonyl (C=O) groups excluding carboxylic acids is 2. The predicted octanol–water partition coefficient (Wildman–Crippen LogP) is 1.26. The molecule has 0 unspecified atom stereocenters. The van der Waals surface area contributed by atoms with Crippen LogP contribution in [0.25, 0.3) is 0 Å². The van der Waals surface area contributed by atoms with Gasteiger partial charge in [0.15, 0.2) is 0 Å². The Hall–Kier alpha value is -2.63. The fourth-order valence-corrected chi connectivity index (χ4v) is 0.528. The highest BCUT2D eigenvalue weighted by atomic mass is 16.5. The van der Waals surface area contributed by atoms with Gasteiger partial charge in [0.2, 0.25) is 0 Å². The lowest BCUT2D eigenvalue weighted by atomic mass is 10.5. The molecule has 0 atom stereocenters. The third kappa shape index (κ3) is 18.0. The Bertz CT molecular complexity index is 367. The second-order valence-electron chi connectivity index (χ2n) is 2.71. The van der Waals surface area contributed by atoms with Crippen molar-refractivity contribution in [2.45, 2.75) is 0 Å². The van der Waals surface area contributed by atoms with E-state index >= 15 is 0 Å². The molecule has 0 aliphatic heterocycles. The van der Waals surface area contributed by atoms with E-state index in [1.54, 1.807) is 0 Å². The standard InChI is InChI=1S/C7H8O4.C6H8O2/c1-2-5-11-7(10)4-3-6(8)9;1-3-5-8-6(7)4-2/h2-4H,1,5H2,(H,8,9);3-4H,1-2,5H2/b4-3-;. The van der Waals surface area contributed by atoms with E-state index in [0.29, 0.717) is 6.08 Å². The largest absolute Gasteiger partial charge is 0.478 e. The summed E-state index contributed by atoms with van der Waals surface area (Å²) >= 11 is 0. The lowest BCUT2D eigenvalue weighted by molar-refractivity contribution is -0.137. The Balaban J connectivity index is 0. The molecule has 1 N–H and O–H groups in total. The average molecular weight is 268 g/mol. The smallest absolute Gasteiger partial charge is 0.331 e. The van der Waals surface area contributed by atoms with Crippen LogP contribution in [0, 0.1) is 0 Å². The second-order valence-corrected chi connectivity index (χ2v) is 2.71. The molecular formula is C13H16O6. The van der Waals surface area contributed by atoms with E-state index < -0.39 is 17.9 Å². The van der Waals surface area contributed by atoms with E-state index in [1.165, 1.54) is 12.2 Å². The first kappa shape index (κ1) is 18.7. The zero-order chi connectivity index (χ0) is 15.1. The monoisotopic (exact) mass is 268 g/mol. The van der Waals surface area contributed by atoms with Crippen LogP contribution in [0.2, 0.25) is 0 Å². The zero-order valence-corrected chi connectivity index (χ0v) is 10.4. The second kappa shape index (κ2) is 13.4. The minimum atomic E-state index is -1.18. The van der Waals surface area contributed by atoms with Crippen molar-refractivity contribution in [2.75, 3.05) is 13.2 Å². The first-order valence-corrected chi connectivity index (χ1v) is 5.06. The lowest BCUT2D eigenvalue weighted by Gasteiger charge is -1.93. The maximum absolute atomic E-state index is 10.5. The first-order valence-electron chi connectivity index (χ1n) is 5.06. The summed E-state index contributed by atoms with van der Waals surface area (Å²) in [6, 6.07) is 0. The van der Waals surface area contributed by atoms with Gasteiger partial charge < -0.3 is 14.6 Å². The van der Waals surface area contributed by atoms with Crippen LogP contribution in [0.15, 0.2) is 50.1 Å². The van der Waals surface area contributed by atoms with E-state index in [2.05, 4.69) is 29.2 Å². The van der Waals surface area contributed by atoms with E-state index in [1.807, 2.05) is 0 Å². The topological polar surface area (TPSA) is 89.9 Å². The van der Waals surface area contributed by atoms with Crippen molar-refractivity contribution in [1.82, 2.24) is 0 Å². The van der Waals surface area contributed by atoms with Crippen LogP contribution in [0.3, 0.4) is 0 Å². The Labute approximate surface area is 111 Å². The summed E-state index contributed by atoms with van der Waals surface area (Å²) in [5.74, 6) is -2.28. The molecule has 0 bridgehead atoms. The quantitative estimate of drug-likeness (QED) is 0.424. The van der Waals surface area contributed by atoms with Crippen molar-refractivity contribution in [1.29, 1.82) is 0 Å². The van der Waals surface area contributed by atoms with Gasteiger partial charge >= 0.3 is 17.9 Å². The molecule has 0 aromatic rings.